The number of benzene rings is 1. The number of nitrogens with zero attached hydrogens (tertiary/aromatic N) is 4. The van der Waals surface area contributed by atoms with Crippen LogP contribution in [0.25, 0.3) is 17.1 Å². The molecule has 0 aliphatic heterocycles. The molecule has 138 valence electrons. The van der Waals surface area contributed by atoms with E-state index in [2.05, 4.69) is 20.6 Å². The van der Waals surface area contributed by atoms with Gasteiger partial charge in [0.05, 0.1) is 17.4 Å². The normalized spacial score (nSPS) is 13.2. The number of halogens is 4. The minimum atomic E-state index is -4.73. The van der Waals surface area contributed by atoms with Crippen LogP contribution in [-0.4, -0.2) is 33.0 Å². The van der Waals surface area contributed by atoms with Crippen LogP contribution in [0, 0.1) is 5.82 Å². The van der Waals surface area contributed by atoms with E-state index in [0.717, 1.165) is 18.3 Å². The second-order valence-electron chi connectivity index (χ2n) is 5.70. The zero-order valence-electron chi connectivity index (χ0n) is 13.9. The summed E-state index contributed by atoms with van der Waals surface area (Å²) in [4.78, 5) is 4.03. The Bertz CT molecular complexity index is 885. The first-order valence-electron chi connectivity index (χ1n) is 7.71. The van der Waals surface area contributed by atoms with Gasteiger partial charge in [0.2, 0.25) is 0 Å². The molecule has 1 atom stereocenters. The fourth-order valence-electron chi connectivity index (χ4n) is 2.38. The highest BCUT2D eigenvalue weighted by atomic mass is 19.4. The largest absolute Gasteiger partial charge is 0.434 e. The Balaban J connectivity index is 2.04. The summed E-state index contributed by atoms with van der Waals surface area (Å²) in [6.07, 6.45) is -3.33. The van der Waals surface area contributed by atoms with Crippen LogP contribution in [0.4, 0.5) is 17.6 Å². The van der Waals surface area contributed by atoms with Gasteiger partial charge in [-0.2, -0.15) is 23.3 Å². The molecule has 0 spiro atoms. The fraction of sp³-hybridized carbons (Fsp3) is 0.312. The molecule has 1 aromatic carbocycles. The second-order valence-corrected chi connectivity index (χ2v) is 5.70. The van der Waals surface area contributed by atoms with Crippen molar-refractivity contribution in [3.63, 3.8) is 0 Å². The van der Waals surface area contributed by atoms with E-state index < -0.39 is 17.7 Å². The Morgan fingerprint density at radius 3 is 2.54 bits per heavy atom. The highest BCUT2D eigenvalue weighted by Crippen LogP contribution is 2.37. The standard InChI is InChI=1S/C16H15F4N5O/c1-9(21-2)7-13-23-15(26-24-13)12-8-22-25(14(12)16(18,19)20)11-5-3-10(17)4-6-11/h3-6,8-9,21H,7H2,1-2H3. The molecule has 0 aliphatic carbocycles. The van der Waals surface area contributed by atoms with E-state index in [1.54, 1.807) is 7.05 Å². The molecule has 1 N–H and O–H groups in total. The molecule has 2 heterocycles. The van der Waals surface area contributed by atoms with Crippen LogP contribution in [-0.2, 0) is 12.6 Å². The van der Waals surface area contributed by atoms with Crippen LogP contribution < -0.4 is 5.32 Å². The first kappa shape index (κ1) is 18.1. The molecule has 0 aliphatic rings. The van der Waals surface area contributed by atoms with Crippen molar-refractivity contribution >= 4 is 0 Å². The summed E-state index contributed by atoms with van der Waals surface area (Å²) >= 11 is 0. The van der Waals surface area contributed by atoms with Gasteiger partial charge in [-0.3, -0.25) is 0 Å². The summed E-state index contributed by atoms with van der Waals surface area (Å²) in [5.74, 6) is -0.552. The zero-order valence-corrected chi connectivity index (χ0v) is 13.9. The van der Waals surface area contributed by atoms with Crippen molar-refractivity contribution in [3.8, 4) is 17.1 Å². The van der Waals surface area contributed by atoms with Crippen molar-refractivity contribution < 1.29 is 22.1 Å². The molecule has 0 saturated heterocycles. The van der Waals surface area contributed by atoms with Gasteiger partial charge in [-0.1, -0.05) is 5.16 Å². The monoisotopic (exact) mass is 369 g/mol. The molecule has 0 radical (unpaired) electrons. The average molecular weight is 369 g/mol. The van der Waals surface area contributed by atoms with Crippen LogP contribution in [0.5, 0.6) is 0 Å². The number of alkyl halides is 3. The van der Waals surface area contributed by atoms with Gasteiger partial charge in [-0.15, -0.1) is 0 Å². The van der Waals surface area contributed by atoms with Crippen LogP contribution in [0.3, 0.4) is 0 Å². The maximum Gasteiger partial charge on any atom is 0.434 e. The Morgan fingerprint density at radius 2 is 1.92 bits per heavy atom. The van der Waals surface area contributed by atoms with Gasteiger partial charge in [-0.25, -0.2) is 9.07 Å². The summed E-state index contributed by atoms with van der Waals surface area (Å²) in [6, 6.07) is 4.55. The molecule has 0 saturated carbocycles. The van der Waals surface area contributed by atoms with E-state index in [1.165, 1.54) is 12.1 Å². The van der Waals surface area contributed by atoms with E-state index in [4.69, 9.17) is 4.52 Å². The quantitative estimate of drug-likeness (QED) is 0.700. The second kappa shape index (κ2) is 6.87. The summed E-state index contributed by atoms with van der Waals surface area (Å²) < 4.78 is 59.6. The number of rotatable bonds is 5. The summed E-state index contributed by atoms with van der Waals surface area (Å²) in [5, 5.41) is 10.5. The van der Waals surface area contributed by atoms with Gasteiger partial charge in [0.1, 0.15) is 5.82 Å². The van der Waals surface area contributed by atoms with Crippen LogP contribution >= 0.6 is 0 Å². The van der Waals surface area contributed by atoms with Crippen molar-refractivity contribution in [1.82, 2.24) is 25.2 Å². The van der Waals surface area contributed by atoms with E-state index in [0.29, 0.717) is 11.1 Å². The van der Waals surface area contributed by atoms with E-state index in [9.17, 15) is 17.6 Å². The maximum absolute atomic E-state index is 13.6. The molecule has 2 aromatic heterocycles. The smallest absolute Gasteiger partial charge is 0.334 e. The average Bonchev–Trinajstić information content (AvgIpc) is 3.21. The maximum atomic E-state index is 13.6. The number of likely N-dealkylation sites (N-methyl/N-ethyl adjacent to an activating group) is 1. The van der Waals surface area contributed by atoms with Gasteiger partial charge < -0.3 is 9.84 Å². The number of hydrogen-bond donors (Lipinski definition) is 1. The van der Waals surface area contributed by atoms with Crippen molar-refractivity contribution in [2.45, 2.75) is 25.6 Å². The van der Waals surface area contributed by atoms with Crippen LogP contribution in [0.2, 0.25) is 0 Å². The number of hydrogen-bond acceptors (Lipinski definition) is 5. The molecule has 0 amide bonds. The lowest BCUT2D eigenvalue weighted by atomic mass is 10.2. The van der Waals surface area contributed by atoms with E-state index in [1.807, 2.05) is 6.92 Å². The third-order valence-corrected chi connectivity index (χ3v) is 3.79. The van der Waals surface area contributed by atoms with Gasteiger partial charge in [0.15, 0.2) is 11.5 Å². The molecular formula is C16H15F4N5O. The minimum absolute atomic E-state index is 0.0319. The lowest BCUT2D eigenvalue weighted by Crippen LogP contribution is -2.24. The molecule has 6 nitrogen and oxygen atoms in total. The van der Waals surface area contributed by atoms with Gasteiger partial charge in [-0.05, 0) is 38.2 Å². The number of nitrogens with one attached hydrogen (secondary N) is 1. The zero-order chi connectivity index (χ0) is 18.9. The lowest BCUT2D eigenvalue weighted by molar-refractivity contribution is -0.142. The van der Waals surface area contributed by atoms with Crippen molar-refractivity contribution in [3.05, 3.63) is 47.8 Å². The molecule has 0 fully saturated rings. The molecule has 10 heteroatoms. The van der Waals surface area contributed by atoms with Crippen LogP contribution in [0.1, 0.15) is 18.4 Å². The predicted molar refractivity (Wildman–Crippen MR) is 84.0 cm³/mol. The Morgan fingerprint density at radius 1 is 1.23 bits per heavy atom. The van der Waals surface area contributed by atoms with Gasteiger partial charge in [0.25, 0.3) is 5.89 Å². The van der Waals surface area contributed by atoms with E-state index >= 15 is 0 Å². The molecule has 0 bridgehead atoms. The topological polar surface area (TPSA) is 68.8 Å². The van der Waals surface area contributed by atoms with Crippen LogP contribution in [0.15, 0.2) is 35.0 Å². The summed E-state index contributed by atoms with van der Waals surface area (Å²) in [6.45, 7) is 1.88. The minimum Gasteiger partial charge on any atom is -0.334 e. The third-order valence-electron chi connectivity index (χ3n) is 3.79. The Kier molecular flexibility index (Phi) is 4.77. The molecule has 3 rings (SSSR count). The van der Waals surface area contributed by atoms with E-state index in [-0.39, 0.29) is 29.0 Å². The Hall–Kier alpha value is -2.75. The first-order chi connectivity index (χ1) is 12.3. The summed E-state index contributed by atoms with van der Waals surface area (Å²) in [5.41, 5.74) is -1.34. The Labute approximate surface area is 145 Å². The van der Waals surface area contributed by atoms with Gasteiger partial charge >= 0.3 is 6.18 Å². The molecule has 1 unspecified atom stereocenters. The molecular weight excluding hydrogens is 354 g/mol. The molecule has 26 heavy (non-hydrogen) atoms. The fourth-order valence-corrected chi connectivity index (χ4v) is 2.38. The summed E-state index contributed by atoms with van der Waals surface area (Å²) in [7, 11) is 1.75. The lowest BCUT2D eigenvalue weighted by Gasteiger charge is -2.11. The first-order valence-corrected chi connectivity index (χ1v) is 7.71. The highest BCUT2D eigenvalue weighted by Gasteiger charge is 2.40. The van der Waals surface area contributed by atoms with Gasteiger partial charge in [0, 0.05) is 12.5 Å². The predicted octanol–water partition coefficient (Wildman–Crippen LogP) is 3.23. The SMILES string of the molecule is CNC(C)Cc1noc(-c2cnn(-c3ccc(F)cc3)c2C(F)(F)F)n1. The third kappa shape index (κ3) is 3.59. The highest BCUT2D eigenvalue weighted by molar-refractivity contribution is 5.58. The van der Waals surface area contributed by atoms with Crippen molar-refractivity contribution in [2.75, 3.05) is 7.05 Å². The number of aromatic nitrogens is 4. The van der Waals surface area contributed by atoms with Crippen molar-refractivity contribution in [1.29, 1.82) is 0 Å². The van der Waals surface area contributed by atoms with Crippen molar-refractivity contribution in [2.24, 2.45) is 0 Å². The molecule has 3 aromatic rings.